The number of esters is 1. The summed E-state index contributed by atoms with van der Waals surface area (Å²) in [4.78, 5) is 24.5. The highest BCUT2D eigenvalue weighted by Gasteiger charge is 2.20. The molecule has 6 nitrogen and oxygen atoms in total. The summed E-state index contributed by atoms with van der Waals surface area (Å²) in [6.07, 6.45) is 64.9. The van der Waals surface area contributed by atoms with Crippen molar-refractivity contribution in [3.05, 3.63) is 12.2 Å². The first kappa shape index (κ1) is 63.6. The van der Waals surface area contributed by atoms with Crippen molar-refractivity contribution in [2.45, 2.75) is 341 Å². The van der Waals surface area contributed by atoms with E-state index in [-0.39, 0.29) is 18.5 Å². The Morgan fingerprint density at radius 1 is 0.415 bits per heavy atom. The second kappa shape index (κ2) is 55.2. The molecule has 0 aromatic heterocycles. The Bertz CT molecular complexity index is 970. The Morgan fingerprint density at radius 2 is 0.723 bits per heavy atom. The van der Waals surface area contributed by atoms with E-state index in [4.69, 9.17) is 4.74 Å². The van der Waals surface area contributed by atoms with E-state index in [2.05, 4.69) is 31.3 Å². The Hall–Kier alpha value is -1.40. The predicted molar refractivity (Wildman–Crippen MR) is 283 cm³/mol. The maximum absolute atomic E-state index is 12.5. The third kappa shape index (κ3) is 51.8. The zero-order valence-corrected chi connectivity index (χ0v) is 44.0. The topological polar surface area (TPSA) is 95.9 Å². The van der Waals surface area contributed by atoms with Crippen LogP contribution in [0.3, 0.4) is 0 Å². The molecule has 0 aliphatic carbocycles. The van der Waals surface area contributed by atoms with Gasteiger partial charge < -0.3 is 20.3 Å². The maximum Gasteiger partial charge on any atom is 0.305 e. The maximum atomic E-state index is 12.5. The van der Waals surface area contributed by atoms with Gasteiger partial charge in [-0.1, -0.05) is 276 Å². The molecule has 0 aromatic carbocycles. The van der Waals surface area contributed by atoms with Crippen LogP contribution >= 0.6 is 0 Å². The second-order valence-corrected chi connectivity index (χ2v) is 20.3. The van der Waals surface area contributed by atoms with Crippen molar-refractivity contribution in [3.63, 3.8) is 0 Å². The number of carbonyl (C=O) groups is 2. The number of rotatable bonds is 55. The van der Waals surface area contributed by atoms with Gasteiger partial charge in [-0.05, 0) is 51.4 Å². The molecule has 0 fully saturated rings. The molecule has 0 aliphatic heterocycles. The fourth-order valence-electron chi connectivity index (χ4n) is 9.28. The monoisotopic (exact) mass is 918 g/mol. The van der Waals surface area contributed by atoms with Crippen molar-refractivity contribution in [3.8, 4) is 0 Å². The number of unbranched alkanes of at least 4 members (excludes halogenated alkanes) is 42. The summed E-state index contributed by atoms with van der Waals surface area (Å²) in [7, 11) is 0. The molecule has 0 saturated carbocycles. The Kier molecular flexibility index (Phi) is 54.0. The van der Waals surface area contributed by atoms with Gasteiger partial charge >= 0.3 is 5.97 Å². The molecule has 0 saturated heterocycles. The molecule has 65 heavy (non-hydrogen) atoms. The molecule has 386 valence electrons. The highest BCUT2D eigenvalue weighted by molar-refractivity contribution is 5.76. The number of carbonyl (C=O) groups excluding carboxylic acids is 2. The first-order chi connectivity index (χ1) is 32.0. The molecule has 3 N–H and O–H groups in total. The third-order valence-corrected chi connectivity index (χ3v) is 13.8. The number of allylic oxidation sites excluding steroid dienone is 2. The minimum Gasteiger partial charge on any atom is -0.466 e. The van der Waals surface area contributed by atoms with Crippen molar-refractivity contribution in [2.75, 3.05) is 13.2 Å². The van der Waals surface area contributed by atoms with Crippen LogP contribution < -0.4 is 5.32 Å². The molecule has 0 bridgehead atoms. The predicted octanol–water partition coefficient (Wildman–Crippen LogP) is 18.1. The third-order valence-electron chi connectivity index (χ3n) is 13.8. The fraction of sp³-hybridized carbons (Fsp3) is 0.932. The van der Waals surface area contributed by atoms with Crippen LogP contribution in [-0.2, 0) is 14.3 Å². The van der Waals surface area contributed by atoms with Crippen LogP contribution in [0.5, 0.6) is 0 Å². The number of hydrogen-bond donors (Lipinski definition) is 3. The first-order valence-corrected chi connectivity index (χ1v) is 29.4. The highest BCUT2D eigenvalue weighted by atomic mass is 16.5. The van der Waals surface area contributed by atoms with Gasteiger partial charge in [0.05, 0.1) is 25.4 Å². The van der Waals surface area contributed by atoms with Gasteiger partial charge in [0.2, 0.25) is 5.91 Å². The lowest BCUT2D eigenvalue weighted by atomic mass is 10.0. The molecule has 2 unspecified atom stereocenters. The molecule has 1 amide bonds. The van der Waals surface area contributed by atoms with Crippen LogP contribution in [-0.4, -0.2) is 47.4 Å². The van der Waals surface area contributed by atoms with Crippen LogP contribution in [0.25, 0.3) is 0 Å². The average molecular weight is 919 g/mol. The van der Waals surface area contributed by atoms with Gasteiger partial charge in [-0.15, -0.1) is 0 Å². The fourth-order valence-corrected chi connectivity index (χ4v) is 9.28. The smallest absolute Gasteiger partial charge is 0.305 e. The summed E-state index contributed by atoms with van der Waals surface area (Å²) in [5.41, 5.74) is 0. The van der Waals surface area contributed by atoms with Crippen molar-refractivity contribution in [1.29, 1.82) is 0 Å². The minimum atomic E-state index is -0.668. The minimum absolute atomic E-state index is 0.0102. The van der Waals surface area contributed by atoms with Gasteiger partial charge in [-0.3, -0.25) is 9.59 Å². The van der Waals surface area contributed by atoms with Gasteiger partial charge in [-0.25, -0.2) is 0 Å². The van der Waals surface area contributed by atoms with Crippen molar-refractivity contribution >= 4 is 11.9 Å². The number of hydrogen-bond acceptors (Lipinski definition) is 5. The normalized spacial score (nSPS) is 12.6. The van der Waals surface area contributed by atoms with E-state index in [0.717, 1.165) is 38.5 Å². The standard InChI is InChI=1S/C59H115NO5/c1-3-5-7-9-11-13-15-17-28-31-35-39-43-47-51-57(62)56(55-61)60-58(63)52-48-44-40-36-32-29-25-23-21-19-18-20-22-24-26-30-34-38-42-46-50-54-65-59(64)53-49-45-41-37-33-27-16-14-12-10-8-6-4-2/h19,21,56-57,61-62H,3-18,20,22-55H2,1-2H3,(H,60,63)/b21-19-. The molecule has 0 rings (SSSR count). The molecule has 0 radical (unpaired) electrons. The number of aliphatic hydroxyl groups is 2. The zero-order valence-electron chi connectivity index (χ0n) is 44.0. The Morgan fingerprint density at radius 3 is 1.09 bits per heavy atom. The van der Waals surface area contributed by atoms with Gasteiger partial charge in [0, 0.05) is 12.8 Å². The highest BCUT2D eigenvalue weighted by Crippen LogP contribution is 2.17. The van der Waals surface area contributed by atoms with E-state index < -0.39 is 12.1 Å². The Balaban J connectivity index is 3.41. The largest absolute Gasteiger partial charge is 0.466 e. The van der Waals surface area contributed by atoms with Crippen LogP contribution in [0, 0.1) is 0 Å². The summed E-state index contributed by atoms with van der Waals surface area (Å²) in [5.74, 6) is -0.0308. The second-order valence-electron chi connectivity index (χ2n) is 20.3. The van der Waals surface area contributed by atoms with Gasteiger partial charge in [-0.2, -0.15) is 0 Å². The van der Waals surface area contributed by atoms with Gasteiger partial charge in [0.1, 0.15) is 0 Å². The van der Waals surface area contributed by atoms with E-state index in [0.29, 0.717) is 25.9 Å². The number of amides is 1. The number of nitrogens with one attached hydrogen (secondary N) is 1. The Labute approximate surface area is 406 Å². The SMILES string of the molecule is CCCCCCCCCCCCCCCCC(O)C(CO)NC(=O)CCCCCCCCC/C=C\CCCCCCCCCCCCOC(=O)CCCCCCCCCCCCCCC. The molecule has 0 aliphatic rings. The summed E-state index contributed by atoms with van der Waals surface area (Å²) in [6.45, 7) is 4.96. The van der Waals surface area contributed by atoms with Crippen molar-refractivity contribution in [2.24, 2.45) is 0 Å². The van der Waals surface area contributed by atoms with Gasteiger partial charge in [0.25, 0.3) is 0 Å². The van der Waals surface area contributed by atoms with Crippen LogP contribution in [0.2, 0.25) is 0 Å². The molecule has 0 spiro atoms. The van der Waals surface area contributed by atoms with Crippen LogP contribution in [0.15, 0.2) is 12.2 Å². The first-order valence-electron chi connectivity index (χ1n) is 29.4. The van der Waals surface area contributed by atoms with E-state index in [1.807, 2.05) is 0 Å². The zero-order chi connectivity index (χ0) is 47.2. The van der Waals surface area contributed by atoms with Crippen LogP contribution in [0.1, 0.15) is 328 Å². The van der Waals surface area contributed by atoms with E-state index >= 15 is 0 Å². The van der Waals surface area contributed by atoms with E-state index in [1.54, 1.807) is 0 Å². The quantitative estimate of drug-likeness (QED) is 0.0321. The lowest BCUT2D eigenvalue weighted by Gasteiger charge is -2.22. The van der Waals surface area contributed by atoms with Gasteiger partial charge in [0.15, 0.2) is 0 Å². The summed E-state index contributed by atoms with van der Waals surface area (Å²) >= 11 is 0. The lowest BCUT2D eigenvalue weighted by Crippen LogP contribution is -2.45. The molecule has 0 heterocycles. The van der Waals surface area contributed by atoms with Crippen molar-refractivity contribution < 1.29 is 24.5 Å². The summed E-state index contributed by atoms with van der Waals surface area (Å²) < 4.78 is 5.47. The average Bonchev–Trinajstić information content (AvgIpc) is 3.31. The van der Waals surface area contributed by atoms with E-state index in [9.17, 15) is 19.8 Å². The molecular formula is C59H115NO5. The molecule has 2 atom stereocenters. The number of ether oxygens (including phenoxy) is 1. The van der Waals surface area contributed by atoms with Crippen molar-refractivity contribution in [1.82, 2.24) is 5.32 Å². The number of aliphatic hydroxyl groups excluding tert-OH is 2. The molecular weight excluding hydrogens is 803 g/mol. The summed E-state index contributed by atoms with van der Waals surface area (Å²) in [6, 6.07) is -0.546. The lowest BCUT2D eigenvalue weighted by molar-refractivity contribution is -0.143. The van der Waals surface area contributed by atoms with E-state index in [1.165, 1.54) is 257 Å². The summed E-state index contributed by atoms with van der Waals surface area (Å²) in [5, 5.41) is 23.2. The molecule has 0 aromatic rings. The molecule has 6 heteroatoms. The van der Waals surface area contributed by atoms with Crippen LogP contribution in [0.4, 0.5) is 0 Å².